The van der Waals surface area contributed by atoms with Gasteiger partial charge in [0.15, 0.2) is 5.78 Å². The Bertz CT molecular complexity index is 850. The molecular weight excluding hydrogens is 354 g/mol. The zero-order valence-electron chi connectivity index (χ0n) is 16.5. The monoisotopic (exact) mass is 381 g/mol. The van der Waals surface area contributed by atoms with Crippen LogP contribution in [-0.4, -0.2) is 25.0 Å². The van der Waals surface area contributed by atoms with Crippen LogP contribution in [0.1, 0.15) is 51.0 Å². The number of esters is 1. The van der Waals surface area contributed by atoms with Gasteiger partial charge in [-0.15, -0.1) is 0 Å². The van der Waals surface area contributed by atoms with Crippen molar-refractivity contribution in [3.63, 3.8) is 0 Å². The van der Waals surface area contributed by atoms with Crippen LogP contribution in [0, 0.1) is 0 Å². The summed E-state index contributed by atoms with van der Waals surface area (Å²) >= 11 is 0. The Hall–Kier alpha value is -2.82. The van der Waals surface area contributed by atoms with E-state index in [1.165, 1.54) is 6.08 Å². The largest absolute Gasteiger partial charge is 0.493 e. The van der Waals surface area contributed by atoms with Crippen molar-refractivity contribution in [2.24, 2.45) is 0 Å². The molecule has 0 saturated carbocycles. The second-order valence-corrected chi connectivity index (χ2v) is 7.04. The van der Waals surface area contributed by atoms with Gasteiger partial charge in [-0.05, 0) is 32.3 Å². The van der Waals surface area contributed by atoms with Gasteiger partial charge in [0.05, 0.1) is 18.1 Å². The first-order chi connectivity index (χ1) is 13.6. The summed E-state index contributed by atoms with van der Waals surface area (Å²) in [6, 6.07) is 7.63. The molecule has 0 fully saturated rings. The van der Waals surface area contributed by atoms with E-state index in [0.717, 1.165) is 36.2 Å². The lowest BCUT2D eigenvalue weighted by Crippen LogP contribution is -2.34. The minimum Gasteiger partial charge on any atom is -0.493 e. The van der Waals surface area contributed by atoms with Crippen LogP contribution < -0.4 is 10.1 Å². The molecule has 0 bridgehead atoms. The lowest BCUT2D eigenvalue weighted by atomic mass is 9.75. The topological polar surface area (TPSA) is 64.6 Å². The molecule has 1 atom stereocenters. The first-order valence-corrected chi connectivity index (χ1v) is 9.82. The van der Waals surface area contributed by atoms with E-state index in [1.54, 1.807) is 0 Å². The van der Waals surface area contributed by atoms with E-state index < -0.39 is 11.9 Å². The highest BCUT2D eigenvalue weighted by atomic mass is 16.5. The molecule has 1 aliphatic carbocycles. The maximum atomic E-state index is 12.9. The van der Waals surface area contributed by atoms with Crippen LogP contribution in [0.3, 0.4) is 0 Å². The van der Waals surface area contributed by atoms with Crippen molar-refractivity contribution >= 4 is 11.8 Å². The number of hydrogen-bond acceptors (Lipinski definition) is 5. The molecule has 2 aliphatic rings. The number of Topliss-reactive ketones (excluding diaryl/α,β-unsaturated/α-hetero) is 1. The van der Waals surface area contributed by atoms with Crippen LogP contribution in [0.2, 0.25) is 0 Å². The molecule has 3 rings (SSSR count). The summed E-state index contributed by atoms with van der Waals surface area (Å²) in [5, 5.41) is 3.29. The molecule has 28 heavy (non-hydrogen) atoms. The maximum absolute atomic E-state index is 12.9. The third kappa shape index (κ3) is 3.88. The molecular formula is C23H27NO4. The number of hydrogen-bond donors (Lipinski definition) is 1. The number of ether oxygens (including phenoxy) is 2. The first kappa shape index (κ1) is 19.9. The van der Waals surface area contributed by atoms with E-state index in [-0.39, 0.29) is 12.4 Å². The third-order valence-corrected chi connectivity index (χ3v) is 5.02. The normalized spacial score (nSPS) is 19.1. The van der Waals surface area contributed by atoms with Crippen molar-refractivity contribution in [3.05, 3.63) is 65.0 Å². The molecule has 148 valence electrons. The van der Waals surface area contributed by atoms with Gasteiger partial charge in [-0.3, -0.25) is 4.79 Å². The predicted octanol–water partition coefficient (Wildman–Crippen LogP) is 4.17. The van der Waals surface area contributed by atoms with Crippen LogP contribution in [-0.2, 0) is 14.3 Å². The Balaban J connectivity index is 2.14. The highest BCUT2D eigenvalue weighted by Gasteiger charge is 2.40. The van der Waals surface area contributed by atoms with Crippen LogP contribution in [0.4, 0.5) is 0 Å². The highest BCUT2D eigenvalue weighted by molar-refractivity contribution is 6.04. The molecule has 0 radical (unpaired) electrons. The number of nitrogens with one attached hydrogen (secondary N) is 1. The van der Waals surface area contributed by atoms with E-state index in [4.69, 9.17) is 9.47 Å². The zero-order valence-corrected chi connectivity index (χ0v) is 16.5. The van der Waals surface area contributed by atoms with Gasteiger partial charge in [0, 0.05) is 29.0 Å². The van der Waals surface area contributed by atoms with Gasteiger partial charge in [-0.2, -0.15) is 0 Å². The second-order valence-electron chi connectivity index (χ2n) is 7.04. The minimum absolute atomic E-state index is 0.0746. The smallest absolute Gasteiger partial charge is 0.337 e. The average molecular weight is 381 g/mol. The SMILES string of the molecule is C=CCOC(=O)C1=C(C)NC2=C(C(=O)CCC2)C1c1ccccc1OCCC. The summed E-state index contributed by atoms with van der Waals surface area (Å²) in [5.41, 5.74) is 3.57. The fraction of sp³-hybridized carbons (Fsp3) is 0.391. The molecule has 0 amide bonds. The van der Waals surface area contributed by atoms with E-state index in [0.29, 0.717) is 29.9 Å². The van der Waals surface area contributed by atoms with Crippen LogP contribution in [0.5, 0.6) is 5.75 Å². The fourth-order valence-corrected chi connectivity index (χ4v) is 3.84. The summed E-state index contributed by atoms with van der Waals surface area (Å²) in [6.07, 6.45) is 4.50. The Morgan fingerprint density at radius 3 is 2.86 bits per heavy atom. The van der Waals surface area contributed by atoms with Gasteiger partial charge < -0.3 is 14.8 Å². The Morgan fingerprint density at radius 2 is 2.11 bits per heavy atom. The molecule has 5 nitrogen and oxygen atoms in total. The van der Waals surface area contributed by atoms with E-state index in [9.17, 15) is 9.59 Å². The van der Waals surface area contributed by atoms with Crippen LogP contribution in [0.25, 0.3) is 0 Å². The quantitative estimate of drug-likeness (QED) is 0.567. The molecule has 1 N–H and O–H groups in total. The molecule has 0 spiro atoms. The summed E-state index contributed by atoms with van der Waals surface area (Å²) in [5.74, 6) is -0.159. The van der Waals surface area contributed by atoms with Gasteiger partial charge >= 0.3 is 5.97 Å². The molecule has 0 saturated heterocycles. The minimum atomic E-state index is -0.491. The van der Waals surface area contributed by atoms with E-state index in [2.05, 4.69) is 11.9 Å². The number of benzene rings is 1. The van der Waals surface area contributed by atoms with Gasteiger partial charge in [-0.1, -0.05) is 37.8 Å². The maximum Gasteiger partial charge on any atom is 0.337 e. The van der Waals surface area contributed by atoms with Gasteiger partial charge in [0.25, 0.3) is 0 Å². The summed E-state index contributed by atoms with van der Waals surface area (Å²) < 4.78 is 11.3. The van der Waals surface area contributed by atoms with Gasteiger partial charge in [-0.25, -0.2) is 4.79 Å². The number of dihydropyridines is 1. The zero-order chi connectivity index (χ0) is 20.1. The second kappa shape index (κ2) is 8.91. The van der Waals surface area contributed by atoms with Crippen molar-refractivity contribution in [2.45, 2.75) is 45.4 Å². The summed E-state index contributed by atoms with van der Waals surface area (Å²) in [7, 11) is 0. The van der Waals surface area contributed by atoms with Crippen molar-refractivity contribution in [2.75, 3.05) is 13.2 Å². The lowest BCUT2D eigenvalue weighted by Gasteiger charge is -2.34. The number of carbonyl (C=O) groups is 2. The molecule has 1 aromatic carbocycles. The number of carbonyl (C=O) groups excluding carboxylic acids is 2. The molecule has 1 aliphatic heterocycles. The van der Waals surface area contributed by atoms with E-state index >= 15 is 0 Å². The third-order valence-electron chi connectivity index (χ3n) is 5.02. The van der Waals surface area contributed by atoms with Crippen LogP contribution in [0.15, 0.2) is 59.5 Å². The molecule has 1 unspecified atom stereocenters. The number of ketones is 1. The predicted molar refractivity (Wildman–Crippen MR) is 108 cm³/mol. The number of allylic oxidation sites excluding steroid dienone is 3. The summed E-state index contributed by atoms with van der Waals surface area (Å²) in [4.78, 5) is 25.8. The highest BCUT2D eigenvalue weighted by Crippen LogP contribution is 2.45. The van der Waals surface area contributed by atoms with Crippen LogP contribution >= 0.6 is 0 Å². The fourth-order valence-electron chi connectivity index (χ4n) is 3.84. The summed E-state index contributed by atoms with van der Waals surface area (Å²) in [6.45, 7) is 8.20. The lowest BCUT2D eigenvalue weighted by molar-refractivity contribution is -0.138. The van der Waals surface area contributed by atoms with Gasteiger partial charge in [0.1, 0.15) is 12.4 Å². The van der Waals surface area contributed by atoms with Crippen molar-refractivity contribution in [1.82, 2.24) is 5.32 Å². The molecule has 1 heterocycles. The Morgan fingerprint density at radius 1 is 1.32 bits per heavy atom. The van der Waals surface area contributed by atoms with Crippen molar-refractivity contribution < 1.29 is 19.1 Å². The molecule has 0 aromatic heterocycles. The number of rotatable bonds is 7. The molecule has 5 heteroatoms. The Labute approximate surface area is 166 Å². The number of para-hydroxylation sites is 1. The van der Waals surface area contributed by atoms with Crippen molar-refractivity contribution in [3.8, 4) is 5.75 Å². The average Bonchev–Trinajstić information content (AvgIpc) is 2.70. The van der Waals surface area contributed by atoms with E-state index in [1.807, 2.05) is 38.1 Å². The van der Waals surface area contributed by atoms with Crippen molar-refractivity contribution in [1.29, 1.82) is 0 Å². The molecule has 1 aromatic rings. The van der Waals surface area contributed by atoms with Gasteiger partial charge in [0.2, 0.25) is 0 Å². The standard InChI is InChI=1S/C23H27NO4/c1-4-13-27-19-12-7-6-9-16(19)21-20(23(26)28-14-5-2)15(3)24-17-10-8-11-18(25)22(17)21/h5-7,9,12,21,24H,2,4,8,10-11,13-14H2,1,3H3. The first-order valence-electron chi connectivity index (χ1n) is 9.82. The Kier molecular flexibility index (Phi) is 6.34.